The second-order valence-electron chi connectivity index (χ2n) is 7.47. The van der Waals surface area contributed by atoms with Gasteiger partial charge >= 0.3 is 0 Å². The Morgan fingerprint density at radius 2 is 1.89 bits per heavy atom. The van der Waals surface area contributed by atoms with E-state index in [0.29, 0.717) is 30.6 Å². The topological polar surface area (TPSA) is 62.7 Å². The van der Waals surface area contributed by atoms with Crippen LogP contribution in [0.2, 0.25) is 5.02 Å². The summed E-state index contributed by atoms with van der Waals surface area (Å²) in [5.74, 6) is 0.284. The van der Waals surface area contributed by atoms with Crippen molar-refractivity contribution < 1.29 is 14.3 Å². The zero-order chi connectivity index (χ0) is 19.8. The van der Waals surface area contributed by atoms with Crippen molar-refractivity contribution in [2.75, 3.05) is 24.7 Å². The lowest BCUT2D eigenvalue weighted by molar-refractivity contribution is -0.155. The fraction of sp³-hybridized carbons (Fsp3) is 0.381. The number of carbonyl (C=O) groups excluding carboxylic acids is 2. The molecule has 7 heteroatoms. The standard InChI is InChI=1S/C21H22ClN3O3/c1-13-3-5-15(6-4-13)9-24-18(26)10-25(20-14(2)7-17(22)8-23-20)21(27)19(24)16-11-28-12-16/h3-8,16,19H,9-12H2,1-2H3/t19-/m1/s1. The van der Waals surface area contributed by atoms with Gasteiger partial charge in [0.1, 0.15) is 18.4 Å². The molecule has 2 fully saturated rings. The van der Waals surface area contributed by atoms with E-state index in [1.54, 1.807) is 11.0 Å². The van der Waals surface area contributed by atoms with Gasteiger partial charge in [-0.15, -0.1) is 0 Å². The van der Waals surface area contributed by atoms with E-state index in [-0.39, 0.29) is 24.3 Å². The Bertz CT molecular complexity index is 912. The predicted molar refractivity (Wildman–Crippen MR) is 106 cm³/mol. The van der Waals surface area contributed by atoms with Gasteiger partial charge in [0.05, 0.1) is 18.2 Å². The number of anilines is 1. The van der Waals surface area contributed by atoms with Crippen LogP contribution in [0, 0.1) is 19.8 Å². The molecule has 28 heavy (non-hydrogen) atoms. The van der Waals surface area contributed by atoms with Crippen molar-refractivity contribution in [1.82, 2.24) is 9.88 Å². The molecule has 0 spiro atoms. The van der Waals surface area contributed by atoms with Gasteiger partial charge in [-0.2, -0.15) is 0 Å². The first-order valence-corrected chi connectivity index (χ1v) is 9.68. The number of amides is 2. The quantitative estimate of drug-likeness (QED) is 0.793. The number of aryl methyl sites for hydroxylation is 2. The zero-order valence-corrected chi connectivity index (χ0v) is 16.6. The van der Waals surface area contributed by atoms with Crippen molar-refractivity contribution in [1.29, 1.82) is 0 Å². The molecule has 146 valence electrons. The molecular weight excluding hydrogens is 378 g/mol. The summed E-state index contributed by atoms with van der Waals surface area (Å²) in [4.78, 5) is 34.0. The third kappa shape index (κ3) is 3.50. The Hall–Kier alpha value is -2.44. The molecule has 2 aromatic rings. The molecule has 1 aromatic carbocycles. The van der Waals surface area contributed by atoms with Gasteiger partial charge in [-0.3, -0.25) is 14.5 Å². The maximum absolute atomic E-state index is 13.4. The molecule has 0 radical (unpaired) electrons. The normalized spacial score (nSPS) is 20.5. The molecule has 0 bridgehead atoms. The Kier molecular flexibility index (Phi) is 5.08. The number of carbonyl (C=O) groups is 2. The number of rotatable bonds is 4. The lowest BCUT2D eigenvalue weighted by Gasteiger charge is -2.45. The minimum Gasteiger partial charge on any atom is -0.380 e. The number of benzene rings is 1. The summed E-state index contributed by atoms with van der Waals surface area (Å²) in [5, 5.41) is 0.502. The molecule has 2 aliphatic rings. The minimum absolute atomic E-state index is 0.00250. The number of nitrogens with zero attached hydrogens (tertiary/aromatic N) is 3. The molecule has 2 aliphatic heterocycles. The first-order valence-electron chi connectivity index (χ1n) is 9.30. The largest absolute Gasteiger partial charge is 0.380 e. The summed E-state index contributed by atoms with van der Waals surface area (Å²) < 4.78 is 5.32. The molecule has 2 amide bonds. The lowest BCUT2D eigenvalue weighted by Crippen LogP contribution is -2.65. The van der Waals surface area contributed by atoms with Crippen LogP contribution in [0.4, 0.5) is 5.82 Å². The second-order valence-corrected chi connectivity index (χ2v) is 7.90. The number of ether oxygens (including phenoxy) is 1. The average molecular weight is 400 g/mol. The van der Waals surface area contributed by atoms with Crippen molar-refractivity contribution in [3.05, 3.63) is 58.2 Å². The van der Waals surface area contributed by atoms with Crippen LogP contribution in [0.5, 0.6) is 0 Å². The third-order valence-electron chi connectivity index (χ3n) is 5.33. The van der Waals surface area contributed by atoms with Gasteiger partial charge in [0.2, 0.25) is 5.91 Å². The Labute approximate surface area is 169 Å². The van der Waals surface area contributed by atoms with Crippen molar-refractivity contribution >= 4 is 29.2 Å². The van der Waals surface area contributed by atoms with Crippen molar-refractivity contribution in [2.45, 2.75) is 26.4 Å². The number of hydrogen-bond acceptors (Lipinski definition) is 4. The molecule has 1 aromatic heterocycles. The summed E-state index contributed by atoms with van der Waals surface area (Å²) in [6.07, 6.45) is 1.50. The van der Waals surface area contributed by atoms with Gasteiger partial charge in [-0.1, -0.05) is 41.4 Å². The number of pyridine rings is 1. The minimum atomic E-state index is -0.548. The molecule has 2 saturated heterocycles. The van der Waals surface area contributed by atoms with Gasteiger partial charge < -0.3 is 9.64 Å². The molecule has 4 rings (SSSR count). The highest BCUT2D eigenvalue weighted by Gasteiger charge is 2.47. The van der Waals surface area contributed by atoms with Gasteiger partial charge in [-0.25, -0.2) is 4.98 Å². The highest BCUT2D eigenvalue weighted by Crippen LogP contribution is 2.30. The van der Waals surface area contributed by atoms with Crippen molar-refractivity contribution in [2.24, 2.45) is 5.92 Å². The van der Waals surface area contributed by atoms with Gasteiger partial charge in [0, 0.05) is 18.7 Å². The number of piperazine rings is 1. The molecule has 6 nitrogen and oxygen atoms in total. The smallest absolute Gasteiger partial charge is 0.251 e. The molecular formula is C21H22ClN3O3. The van der Waals surface area contributed by atoms with Crippen LogP contribution in [0.1, 0.15) is 16.7 Å². The second kappa shape index (κ2) is 7.53. The molecule has 0 N–H and O–H groups in total. The molecule has 0 aliphatic carbocycles. The molecule has 1 atom stereocenters. The lowest BCUT2D eigenvalue weighted by atomic mass is 9.92. The zero-order valence-electron chi connectivity index (χ0n) is 15.9. The van der Waals surface area contributed by atoms with Crippen LogP contribution in [-0.2, 0) is 20.9 Å². The summed E-state index contributed by atoms with van der Waals surface area (Å²) in [6, 6.07) is 9.23. The van der Waals surface area contributed by atoms with Crippen LogP contribution in [0.15, 0.2) is 36.5 Å². The van der Waals surface area contributed by atoms with Crippen LogP contribution in [0.25, 0.3) is 0 Å². The van der Waals surface area contributed by atoms with Crippen LogP contribution < -0.4 is 4.90 Å². The molecule has 0 saturated carbocycles. The number of aromatic nitrogens is 1. The van der Waals surface area contributed by atoms with E-state index in [2.05, 4.69) is 4.98 Å². The summed E-state index contributed by atoms with van der Waals surface area (Å²) in [5.41, 5.74) is 2.93. The Balaban J connectivity index is 1.65. The Morgan fingerprint density at radius 1 is 1.18 bits per heavy atom. The van der Waals surface area contributed by atoms with E-state index in [0.717, 1.165) is 16.7 Å². The fourth-order valence-corrected chi connectivity index (χ4v) is 3.93. The van der Waals surface area contributed by atoms with E-state index in [1.807, 2.05) is 38.1 Å². The van der Waals surface area contributed by atoms with Crippen molar-refractivity contribution in [3.63, 3.8) is 0 Å². The summed E-state index contributed by atoms with van der Waals surface area (Å²) in [6.45, 7) is 5.21. The van der Waals surface area contributed by atoms with Crippen LogP contribution in [-0.4, -0.2) is 47.5 Å². The highest BCUT2D eigenvalue weighted by atomic mass is 35.5. The molecule has 0 unspecified atom stereocenters. The van der Waals surface area contributed by atoms with E-state index in [1.165, 1.54) is 11.1 Å². The monoisotopic (exact) mass is 399 g/mol. The number of halogens is 1. The van der Waals surface area contributed by atoms with E-state index in [9.17, 15) is 9.59 Å². The van der Waals surface area contributed by atoms with Gasteiger partial charge in [0.25, 0.3) is 5.91 Å². The SMILES string of the molecule is Cc1ccc(CN2C(=O)CN(c3ncc(Cl)cc3C)C(=O)[C@H]2C2COC2)cc1. The number of hydrogen-bond donors (Lipinski definition) is 0. The van der Waals surface area contributed by atoms with E-state index in [4.69, 9.17) is 16.3 Å². The first-order chi connectivity index (χ1) is 13.4. The maximum atomic E-state index is 13.4. The first kappa shape index (κ1) is 18.9. The fourth-order valence-electron chi connectivity index (χ4n) is 3.72. The maximum Gasteiger partial charge on any atom is 0.251 e. The van der Waals surface area contributed by atoms with Crippen LogP contribution in [0.3, 0.4) is 0 Å². The summed E-state index contributed by atoms with van der Waals surface area (Å²) >= 11 is 6.00. The van der Waals surface area contributed by atoms with Gasteiger partial charge in [-0.05, 0) is 31.0 Å². The van der Waals surface area contributed by atoms with E-state index >= 15 is 0 Å². The molecule has 3 heterocycles. The van der Waals surface area contributed by atoms with E-state index < -0.39 is 6.04 Å². The Morgan fingerprint density at radius 3 is 2.50 bits per heavy atom. The predicted octanol–water partition coefficient (Wildman–Crippen LogP) is 2.74. The van der Waals surface area contributed by atoms with Crippen molar-refractivity contribution in [3.8, 4) is 0 Å². The highest BCUT2D eigenvalue weighted by molar-refractivity contribution is 6.30. The van der Waals surface area contributed by atoms with Crippen LogP contribution >= 0.6 is 11.6 Å². The third-order valence-corrected chi connectivity index (χ3v) is 5.53. The summed E-state index contributed by atoms with van der Waals surface area (Å²) in [7, 11) is 0. The average Bonchev–Trinajstić information content (AvgIpc) is 2.61. The van der Waals surface area contributed by atoms with Gasteiger partial charge in [0.15, 0.2) is 0 Å².